The van der Waals surface area contributed by atoms with Gasteiger partial charge in [-0.05, 0) is 24.3 Å². The molecule has 0 fully saturated rings. The van der Waals surface area contributed by atoms with Gasteiger partial charge in [-0.3, -0.25) is 4.79 Å². The van der Waals surface area contributed by atoms with Gasteiger partial charge < -0.3 is 9.47 Å². The van der Waals surface area contributed by atoms with Crippen LogP contribution in [0.5, 0.6) is 0 Å². The summed E-state index contributed by atoms with van der Waals surface area (Å²) < 4.78 is 2.00. The lowest BCUT2D eigenvalue weighted by Crippen LogP contribution is -2.20. The summed E-state index contributed by atoms with van der Waals surface area (Å²) in [6, 6.07) is 11.9. The van der Waals surface area contributed by atoms with Gasteiger partial charge in [-0.25, -0.2) is 0 Å². The molecule has 1 aromatic heterocycles. The standard InChI is InChI=1S/C15H14N2O/c1-16-9-5-6-11(16)10-13-12-7-3-4-8-14(12)17(2)15(13)18/h3-10H,1-2H3. The number of hydrogen-bond acceptors (Lipinski definition) is 1. The maximum atomic E-state index is 12.2. The number of aryl methyl sites for hydroxylation is 1. The van der Waals surface area contributed by atoms with Gasteiger partial charge in [0.15, 0.2) is 0 Å². The number of carbonyl (C=O) groups excluding carboxylic acids is 1. The van der Waals surface area contributed by atoms with Gasteiger partial charge in [-0.15, -0.1) is 0 Å². The summed E-state index contributed by atoms with van der Waals surface area (Å²) in [7, 11) is 3.79. The highest BCUT2D eigenvalue weighted by atomic mass is 16.2. The van der Waals surface area contributed by atoms with E-state index in [0.29, 0.717) is 0 Å². The second-order valence-electron chi connectivity index (χ2n) is 4.48. The van der Waals surface area contributed by atoms with Crippen molar-refractivity contribution in [1.29, 1.82) is 0 Å². The van der Waals surface area contributed by atoms with E-state index in [-0.39, 0.29) is 5.91 Å². The molecule has 0 radical (unpaired) electrons. The number of fused-ring (bicyclic) bond motifs is 1. The van der Waals surface area contributed by atoms with Crippen molar-refractivity contribution >= 4 is 23.2 Å². The molecule has 0 N–H and O–H groups in total. The molecule has 0 unspecified atom stereocenters. The lowest BCUT2D eigenvalue weighted by atomic mass is 10.1. The predicted octanol–water partition coefficient (Wildman–Crippen LogP) is 2.54. The number of aromatic nitrogens is 1. The molecular formula is C15H14N2O. The molecule has 0 saturated heterocycles. The van der Waals surface area contributed by atoms with Gasteiger partial charge in [0.05, 0.1) is 11.3 Å². The minimum Gasteiger partial charge on any atom is -0.351 e. The Bertz CT molecular complexity index is 652. The van der Waals surface area contributed by atoms with Crippen LogP contribution in [-0.4, -0.2) is 17.5 Å². The molecule has 3 heteroatoms. The Labute approximate surface area is 106 Å². The number of likely N-dealkylation sites (N-methyl/N-ethyl adjacent to an activating group) is 1. The van der Waals surface area contributed by atoms with Crippen molar-refractivity contribution in [2.75, 3.05) is 11.9 Å². The Balaban J connectivity index is 2.17. The molecule has 0 atom stereocenters. The molecule has 0 saturated carbocycles. The average Bonchev–Trinajstić information content (AvgIpc) is 2.88. The first kappa shape index (κ1) is 10.8. The van der Waals surface area contributed by atoms with Gasteiger partial charge in [0.1, 0.15) is 0 Å². The monoisotopic (exact) mass is 238 g/mol. The highest BCUT2D eigenvalue weighted by Gasteiger charge is 2.29. The zero-order valence-corrected chi connectivity index (χ0v) is 10.4. The third-order valence-electron chi connectivity index (χ3n) is 3.37. The highest BCUT2D eigenvalue weighted by molar-refractivity contribution is 6.35. The molecular weight excluding hydrogens is 224 g/mol. The molecule has 0 bridgehead atoms. The van der Waals surface area contributed by atoms with Gasteiger partial charge in [0.2, 0.25) is 0 Å². The zero-order chi connectivity index (χ0) is 12.7. The summed E-state index contributed by atoms with van der Waals surface area (Å²) >= 11 is 0. The minimum atomic E-state index is 0.0531. The Hall–Kier alpha value is -2.29. The van der Waals surface area contributed by atoms with Gasteiger partial charge in [-0.1, -0.05) is 18.2 Å². The van der Waals surface area contributed by atoms with Crippen LogP contribution in [0.1, 0.15) is 11.3 Å². The van der Waals surface area contributed by atoms with E-state index in [1.807, 2.05) is 67.3 Å². The van der Waals surface area contributed by atoms with Crippen LogP contribution in [0.2, 0.25) is 0 Å². The van der Waals surface area contributed by atoms with Crippen LogP contribution in [0.4, 0.5) is 5.69 Å². The maximum Gasteiger partial charge on any atom is 0.258 e. The van der Waals surface area contributed by atoms with E-state index in [9.17, 15) is 4.79 Å². The molecule has 3 rings (SSSR count). The summed E-state index contributed by atoms with van der Waals surface area (Å²) in [4.78, 5) is 13.9. The number of hydrogen-bond donors (Lipinski definition) is 0. The van der Waals surface area contributed by atoms with Crippen LogP contribution in [0.3, 0.4) is 0 Å². The summed E-state index contributed by atoms with van der Waals surface area (Å²) in [6.07, 6.45) is 3.92. The molecule has 0 aliphatic carbocycles. The molecule has 90 valence electrons. The number of carbonyl (C=O) groups is 1. The van der Waals surface area contributed by atoms with E-state index < -0.39 is 0 Å². The topological polar surface area (TPSA) is 25.2 Å². The van der Waals surface area contributed by atoms with E-state index in [1.54, 1.807) is 4.90 Å². The summed E-state index contributed by atoms with van der Waals surface area (Å²) in [5.41, 5.74) is 3.77. The van der Waals surface area contributed by atoms with Crippen molar-refractivity contribution in [2.45, 2.75) is 0 Å². The first-order valence-corrected chi connectivity index (χ1v) is 5.89. The van der Waals surface area contributed by atoms with E-state index >= 15 is 0 Å². The number of para-hydroxylation sites is 1. The first-order valence-electron chi connectivity index (χ1n) is 5.89. The van der Waals surface area contributed by atoms with E-state index in [4.69, 9.17) is 0 Å². The smallest absolute Gasteiger partial charge is 0.258 e. The molecule has 1 aromatic carbocycles. The minimum absolute atomic E-state index is 0.0531. The number of nitrogens with zero attached hydrogens (tertiary/aromatic N) is 2. The normalized spacial score (nSPS) is 16.4. The van der Waals surface area contributed by atoms with Crippen molar-refractivity contribution in [3.63, 3.8) is 0 Å². The van der Waals surface area contributed by atoms with Gasteiger partial charge >= 0.3 is 0 Å². The molecule has 1 aliphatic heterocycles. The van der Waals surface area contributed by atoms with Crippen LogP contribution in [0, 0.1) is 0 Å². The molecule has 18 heavy (non-hydrogen) atoms. The molecule has 3 nitrogen and oxygen atoms in total. The third kappa shape index (κ3) is 1.48. The van der Waals surface area contributed by atoms with Crippen molar-refractivity contribution in [3.05, 3.63) is 53.9 Å². The van der Waals surface area contributed by atoms with E-state index in [1.165, 1.54) is 0 Å². The van der Waals surface area contributed by atoms with Crippen LogP contribution in [-0.2, 0) is 11.8 Å². The first-order chi connectivity index (χ1) is 8.68. The third-order valence-corrected chi connectivity index (χ3v) is 3.37. The highest BCUT2D eigenvalue weighted by Crippen LogP contribution is 2.36. The van der Waals surface area contributed by atoms with E-state index in [2.05, 4.69) is 0 Å². The van der Waals surface area contributed by atoms with Crippen LogP contribution < -0.4 is 4.90 Å². The Morgan fingerprint density at radius 1 is 1.06 bits per heavy atom. The number of amides is 1. The molecule has 2 aromatic rings. The number of benzene rings is 1. The quantitative estimate of drug-likeness (QED) is 0.701. The van der Waals surface area contributed by atoms with Crippen molar-refractivity contribution in [1.82, 2.24) is 4.57 Å². The Morgan fingerprint density at radius 2 is 1.83 bits per heavy atom. The Kier molecular flexibility index (Phi) is 2.33. The van der Waals surface area contributed by atoms with Crippen molar-refractivity contribution in [2.24, 2.45) is 7.05 Å². The fraction of sp³-hybridized carbons (Fsp3) is 0.133. The molecule has 1 amide bonds. The maximum absolute atomic E-state index is 12.2. The lowest BCUT2D eigenvalue weighted by molar-refractivity contribution is -0.112. The second kappa shape index (κ2) is 3.88. The second-order valence-corrected chi connectivity index (χ2v) is 4.48. The van der Waals surface area contributed by atoms with Crippen molar-refractivity contribution in [3.8, 4) is 0 Å². The number of anilines is 1. The lowest BCUT2D eigenvalue weighted by Gasteiger charge is -2.07. The summed E-state index contributed by atoms with van der Waals surface area (Å²) in [6.45, 7) is 0. The van der Waals surface area contributed by atoms with Crippen LogP contribution in [0.25, 0.3) is 11.6 Å². The van der Waals surface area contributed by atoms with Gasteiger partial charge in [-0.2, -0.15) is 0 Å². The zero-order valence-electron chi connectivity index (χ0n) is 10.4. The molecule has 1 aliphatic rings. The molecule has 2 heterocycles. The fourth-order valence-corrected chi connectivity index (χ4v) is 2.31. The number of rotatable bonds is 1. The van der Waals surface area contributed by atoms with E-state index in [0.717, 1.165) is 22.5 Å². The van der Waals surface area contributed by atoms with Gasteiger partial charge in [0, 0.05) is 31.5 Å². The van der Waals surface area contributed by atoms with Crippen molar-refractivity contribution < 1.29 is 4.79 Å². The predicted molar refractivity (Wildman–Crippen MR) is 73.1 cm³/mol. The Morgan fingerprint density at radius 3 is 2.56 bits per heavy atom. The SMILES string of the molecule is CN1C(=O)C(=Cc2cccn2C)c2ccccc21. The van der Waals surface area contributed by atoms with Crippen LogP contribution >= 0.6 is 0 Å². The van der Waals surface area contributed by atoms with Crippen LogP contribution in [0.15, 0.2) is 42.6 Å². The largest absolute Gasteiger partial charge is 0.351 e. The molecule has 0 spiro atoms. The fourth-order valence-electron chi connectivity index (χ4n) is 2.31. The summed E-state index contributed by atoms with van der Waals surface area (Å²) in [5, 5.41) is 0. The average molecular weight is 238 g/mol. The van der Waals surface area contributed by atoms with Gasteiger partial charge in [0.25, 0.3) is 5.91 Å². The summed E-state index contributed by atoms with van der Waals surface area (Å²) in [5.74, 6) is 0.0531.